The number of carbonyl (C=O) groups is 2. The van der Waals surface area contributed by atoms with Crippen LogP contribution in [0.15, 0.2) is 42.9 Å². The highest BCUT2D eigenvalue weighted by Crippen LogP contribution is 2.10. The number of ether oxygens (including phenoxy) is 1. The van der Waals surface area contributed by atoms with Crippen molar-refractivity contribution in [2.45, 2.75) is 6.92 Å². The van der Waals surface area contributed by atoms with Crippen molar-refractivity contribution in [2.24, 2.45) is 0 Å². The Kier molecular flexibility index (Phi) is 4.49. The number of rotatable bonds is 5. The van der Waals surface area contributed by atoms with Crippen molar-refractivity contribution in [3.63, 3.8) is 0 Å². The highest BCUT2D eigenvalue weighted by molar-refractivity contribution is 5.94. The fourth-order valence-electron chi connectivity index (χ4n) is 1.71. The normalized spacial score (nSPS) is 10.1. The molecule has 2 rings (SSSR count). The molecule has 20 heavy (non-hydrogen) atoms. The van der Waals surface area contributed by atoms with E-state index in [-0.39, 0.29) is 19.1 Å². The van der Waals surface area contributed by atoms with Crippen molar-refractivity contribution < 1.29 is 14.3 Å². The first-order valence-electron chi connectivity index (χ1n) is 6.24. The van der Waals surface area contributed by atoms with E-state index in [9.17, 15) is 9.59 Å². The third kappa shape index (κ3) is 3.23. The minimum atomic E-state index is -0.466. The van der Waals surface area contributed by atoms with Gasteiger partial charge in [0.25, 0.3) is 5.91 Å². The summed E-state index contributed by atoms with van der Waals surface area (Å²) in [6, 6.07) is 9.36. The molecule has 1 aromatic heterocycles. The third-order valence-electron chi connectivity index (χ3n) is 2.60. The summed E-state index contributed by atoms with van der Waals surface area (Å²) in [5.74, 6) is -0.842. The second-order valence-electron chi connectivity index (χ2n) is 3.97. The molecule has 1 amide bonds. The number of aromatic nitrogens is 2. The summed E-state index contributed by atoms with van der Waals surface area (Å²) >= 11 is 0. The van der Waals surface area contributed by atoms with Crippen molar-refractivity contribution in [3.8, 4) is 5.69 Å². The van der Waals surface area contributed by atoms with Crippen molar-refractivity contribution in [2.75, 3.05) is 13.2 Å². The lowest BCUT2D eigenvalue weighted by atomic mass is 10.3. The number of benzene rings is 1. The van der Waals surface area contributed by atoms with Crippen molar-refractivity contribution in [1.29, 1.82) is 0 Å². The van der Waals surface area contributed by atoms with Gasteiger partial charge in [0.15, 0.2) is 0 Å². The van der Waals surface area contributed by atoms with Crippen LogP contribution in [0.5, 0.6) is 0 Å². The maximum Gasteiger partial charge on any atom is 0.325 e. The molecule has 1 heterocycles. The number of amides is 1. The number of para-hydroxylation sites is 1. The van der Waals surface area contributed by atoms with E-state index in [0.29, 0.717) is 5.69 Å². The summed E-state index contributed by atoms with van der Waals surface area (Å²) in [6.07, 6.45) is 3.00. The Bertz CT molecular complexity index is 593. The Labute approximate surface area is 116 Å². The molecular formula is C14H15N3O3. The zero-order chi connectivity index (χ0) is 14.4. The van der Waals surface area contributed by atoms with Gasteiger partial charge in [0.1, 0.15) is 12.2 Å². The lowest BCUT2D eigenvalue weighted by Gasteiger charge is -2.08. The first-order valence-corrected chi connectivity index (χ1v) is 6.24. The molecule has 0 unspecified atom stereocenters. The van der Waals surface area contributed by atoms with E-state index in [2.05, 4.69) is 10.3 Å². The molecule has 1 aromatic carbocycles. The summed E-state index contributed by atoms with van der Waals surface area (Å²) in [4.78, 5) is 27.2. The van der Waals surface area contributed by atoms with E-state index in [1.54, 1.807) is 17.8 Å². The maximum atomic E-state index is 12.0. The fraction of sp³-hybridized carbons (Fsp3) is 0.214. The summed E-state index contributed by atoms with van der Waals surface area (Å²) in [5, 5.41) is 2.51. The molecule has 0 saturated heterocycles. The minimum Gasteiger partial charge on any atom is -0.465 e. The molecule has 0 aliphatic carbocycles. The van der Waals surface area contributed by atoms with Gasteiger partial charge in [-0.15, -0.1) is 0 Å². The Morgan fingerprint density at radius 1 is 1.30 bits per heavy atom. The number of nitrogens with zero attached hydrogens (tertiary/aromatic N) is 2. The number of carbonyl (C=O) groups excluding carboxylic acids is 2. The first-order chi connectivity index (χ1) is 9.72. The van der Waals surface area contributed by atoms with Gasteiger partial charge in [-0.05, 0) is 19.1 Å². The van der Waals surface area contributed by atoms with Crippen LogP contribution in [-0.2, 0) is 9.53 Å². The molecule has 0 aliphatic rings. The zero-order valence-electron chi connectivity index (χ0n) is 11.1. The molecule has 0 bridgehead atoms. The molecule has 0 atom stereocenters. The smallest absolute Gasteiger partial charge is 0.325 e. The van der Waals surface area contributed by atoms with Gasteiger partial charge in [0.2, 0.25) is 0 Å². The standard InChI is InChI=1S/C14H15N3O3/c1-2-20-13(18)9-16-14(19)12-8-15-10-17(12)11-6-4-3-5-7-11/h3-8,10H,2,9H2,1H3,(H,16,19). The summed E-state index contributed by atoms with van der Waals surface area (Å²) in [7, 11) is 0. The molecule has 0 spiro atoms. The van der Waals surface area contributed by atoms with E-state index in [0.717, 1.165) is 5.69 Å². The van der Waals surface area contributed by atoms with E-state index in [1.807, 2.05) is 30.3 Å². The Morgan fingerprint density at radius 2 is 2.05 bits per heavy atom. The van der Waals surface area contributed by atoms with E-state index >= 15 is 0 Å². The second-order valence-corrected chi connectivity index (χ2v) is 3.97. The molecule has 1 N–H and O–H groups in total. The minimum absolute atomic E-state index is 0.160. The summed E-state index contributed by atoms with van der Waals surface area (Å²) in [6.45, 7) is 1.84. The molecular weight excluding hydrogens is 258 g/mol. The lowest BCUT2D eigenvalue weighted by Crippen LogP contribution is -2.31. The van der Waals surface area contributed by atoms with Crippen LogP contribution in [0.25, 0.3) is 5.69 Å². The van der Waals surface area contributed by atoms with Crippen LogP contribution in [0.1, 0.15) is 17.4 Å². The number of imidazole rings is 1. The van der Waals surface area contributed by atoms with Gasteiger partial charge in [0, 0.05) is 5.69 Å². The van der Waals surface area contributed by atoms with Gasteiger partial charge in [0.05, 0.1) is 19.1 Å². The highest BCUT2D eigenvalue weighted by Gasteiger charge is 2.14. The van der Waals surface area contributed by atoms with Gasteiger partial charge < -0.3 is 10.1 Å². The van der Waals surface area contributed by atoms with Crippen molar-refractivity contribution >= 4 is 11.9 Å². The van der Waals surface area contributed by atoms with Gasteiger partial charge in [-0.3, -0.25) is 14.2 Å². The predicted molar refractivity (Wildman–Crippen MR) is 72.5 cm³/mol. The molecule has 2 aromatic rings. The number of nitrogens with one attached hydrogen (secondary N) is 1. The number of hydrogen-bond acceptors (Lipinski definition) is 4. The van der Waals surface area contributed by atoms with Gasteiger partial charge in [-0.25, -0.2) is 4.98 Å². The first kappa shape index (κ1) is 13.8. The average molecular weight is 273 g/mol. The molecule has 0 saturated carbocycles. The van der Waals surface area contributed by atoms with Crippen LogP contribution in [0.4, 0.5) is 0 Å². The Balaban J connectivity index is 2.08. The van der Waals surface area contributed by atoms with Crippen LogP contribution in [-0.4, -0.2) is 34.6 Å². The quantitative estimate of drug-likeness (QED) is 0.830. The Hall–Kier alpha value is -2.63. The van der Waals surface area contributed by atoms with E-state index in [1.165, 1.54) is 6.20 Å². The molecule has 104 valence electrons. The zero-order valence-corrected chi connectivity index (χ0v) is 11.1. The third-order valence-corrected chi connectivity index (χ3v) is 2.60. The number of hydrogen-bond donors (Lipinski definition) is 1. The van der Waals surface area contributed by atoms with Gasteiger partial charge >= 0.3 is 5.97 Å². The number of esters is 1. The average Bonchev–Trinajstić information content (AvgIpc) is 2.95. The van der Waals surface area contributed by atoms with Gasteiger partial charge in [-0.2, -0.15) is 0 Å². The van der Waals surface area contributed by atoms with Crippen LogP contribution in [0, 0.1) is 0 Å². The molecule has 0 fully saturated rings. The molecule has 0 radical (unpaired) electrons. The van der Waals surface area contributed by atoms with Crippen molar-refractivity contribution in [1.82, 2.24) is 14.9 Å². The monoisotopic (exact) mass is 273 g/mol. The summed E-state index contributed by atoms with van der Waals surface area (Å²) in [5.41, 5.74) is 1.19. The highest BCUT2D eigenvalue weighted by atomic mass is 16.5. The molecule has 6 heteroatoms. The molecule has 0 aliphatic heterocycles. The largest absolute Gasteiger partial charge is 0.465 e. The fourth-order valence-corrected chi connectivity index (χ4v) is 1.71. The van der Waals surface area contributed by atoms with Gasteiger partial charge in [-0.1, -0.05) is 18.2 Å². The maximum absolute atomic E-state index is 12.0. The van der Waals surface area contributed by atoms with E-state index < -0.39 is 5.97 Å². The SMILES string of the molecule is CCOC(=O)CNC(=O)c1cncn1-c1ccccc1. The van der Waals surface area contributed by atoms with Crippen LogP contribution >= 0.6 is 0 Å². The topological polar surface area (TPSA) is 73.2 Å². The Morgan fingerprint density at radius 3 is 2.75 bits per heavy atom. The van der Waals surface area contributed by atoms with Crippen LogP contribution in [0.3, 0.4) is 0 Å². The van der Waals surface area contributed by atoms with Crippen LogP contribution < -0.4 is 5.32 Å². The predicted octanol–water partition coefficient (Wildman–Crippen LogP) is 1.17. The second kappa shape index (κ2) is 6.51. The summed E-state index contributed by atoms with van der Waals surface area (Å²) < 4.78 is 6.40. The molecule has 6 nitrogen and oxygen atoms in total. The van der Waals surface area contributed by atoms with Crippen LogP contribution in [0.2, 0.25) is 0 Å². The lowest BCUT2D eigenvalue weighted by molar-refractivity contribution is -0.141. The van der Waals surface area contributed by atoms with E-state index in [4.69, 9.17) is 4.74 Å². The van der Waals surface area contributed by atoms with Crippen molar-refractivity contribution in [3.05, 3.63) is 48.5 Å².